The number of rotatable bonds is 1. The fraction of sp³-hybridized carbons (Fsp3) is 0.375. The van der Waals surface area contributed by atoms with Gasteiger partial charge >= 0.3 is 0 Å². The Morgan fingerprint density at radius 1 is 1.50 bits per heavy atom. The minimum atomic E-state index is 0.345. The third-order valence-electron chi connectivity index (χ3n) is 1.88. The molecule has 1 atom stereocenters. The van der Waals surface area contributed by atoms with Gasteiger partial charge in [0.05, 0.1) is 5.71 Å². The number of aromatic amines is 1. The van der Waals surface area contributed by atoms with E-state index in [-0.39, 0.29) is 0 Å². The summed E-state index contributed by atoms with van der Waals surface area (Å²) in [6, 6.07) is 0. The average Bonchev–Trinajstić information content (AvgIpc) is 2.58. The fourth-order valence-corrected chi connectivity index (χ4v) is 1.37. The molecule has 1 aromatic heterocycles. The highest BCUT2D eigenvalue weighted by molar-refractivity contribution is 6.02. The van der Waals surface area contributed by atoms with Gasteiger partial charge in [0.15, 0.2) is 5.82 Å². The number of H-pyrrole nitrogens is 1. The zero-order valence-corrected chi connectivity index (χ0v) is 7.07. The van der Waals surface area contributed by atoms with E-state index in [4.69, 9.17) is 0 Å². The third-order valence-corrected chi connectivity index (χ3v) is 1.88. The Balaban J connectivity index is 2.34. The molecule has 0 saturated carbocycles. The Labute approximate surface area is 70.4 Å². The first-order chi connectivity index (χ1) is 5.77. The Morgan fingerprint density at radius 2 is 2.33 bits per heavy atom. The molecule has 0 saturated heterocycles. The number of allylic oxidation sites excluding steroid dienone is 2. The summed E-state index contributed by atoms with van der Waals surface area (Å²) in [7, 11) is 0. The van der Waals surface area contributed by atoms with Crippen molar-refractivity contribution in [3.8, 4) is 0 Å². The predicted molar refractivity (Wildman–Crippen MR) is 45.8 cm³/mol. The second-order valence-electron chi connectivity index (χ2n) is 2.93. The minimum Gasteiger partial charge on any atom is -0.258 e. The van der Waals surface area contributed by atoms with Gasteiger partial charge in [-0.25, -0.2) is 4.98 Å². The Bertz CT molecular complexity index is 334. The minimum absolute atomic E-state index is 0.345. The number of aliphatic imine (C=N–C) groups is 1. The van der Waals surface area contributed by atoms with Gasteiger partial charge in [-0.2, -0.15) is 5.10 Å². The highest BCUT2D eigenvalue weighted by atomic mass is 15.2. The standard InChI is InChI=1S/C8H10N4/c1-5-3-6(2)11-7(5)8-9-4-10-12-8/h3-5H,1-2H3,(H,9,10,12). The van der Waals surface area contributed by atoms with E-state index in [9.17, 15) is 0 Å². The fourth-order valence-electron chi connectivity index (χ4n) is 1.37. The number of hydrogen-bond acceptors (Lipinski definition) is 3. The van der Waals surface area contributed by atoms with Crippen molar-refractivity contribution < 1.29 is 0 Å². The lowest BCUT2D eigenvalue weighted by atomic mass is 10.1. The Morgan fingerprint density at radius 3 is 2.83 bits per heavy atom. The molecule has 0 spiro atoms. The first-order valence-corrected chi connectivity index (χ1v) is 3.90. The summed E-state index contributed by atoms with van der Waals surface area (Å²) in [4.78, 5) is 8.41. The lowest BCUT2D eigenvalue weighted by Gasteiger charge is -1.99. The Hall–Kier alpha value is -1.45. The summed E-state index contributed by atoms with van der Waals surface area (Å²) in [6.45, 7) is 4.08. The predicted octanol–water partition coefficient (Wildman–Crippen LogP) is 1.15. The third kappa shape index (κ3) is 1.05. The van der Waals surface area contributed by atoms with Crippen LogP contribution in [0.25, 0.3) is 0 Å². The maximum atomic E-state index is 4.36. The molecule has 0 radical (unpaired) electrons. The maximum Gasteiger partial charge on any atom is 0.170 e. The van der Waals surface area contributed by atoms with Gasteiger partial charge in [0.1, 0.15) is 6.33 Å². The molecule has 2 heterocycles. The van der Waals surface area contributed by atoms with Crippen LogP contribution in [0.3, 0.4) is 0 Å². The van der Waals surface area contributed by atoms with E-state index in [1.807, 2.05) is 6.92 Å². The molecule has 1 aliphatic heterocycles. The normalized spacial score (nSPS) is 22.3. The number of aromatic nitrogens is 3. The summed E-state index contributed by atoms with van der Waals surface area (Å²) in [5.41, 5.74) is 2.03. The summed E-state index contributed by atoms with van der Waals surface area (Å²) in [5.74, 6) is 1.12. The highest BCUT2D eigenvalue weighted by Gasteiger charge is 2.18. The summed E-state index contributed by atoms with van der Waals surface area (Å²) in [6.07, 6.45) is 3.61. The van der Waals surface area contributed by atoms with Gasteiger partial charge in [0.2, 0.25) is 0 Å². The largest absolute Gasteiger partial charge is 0.258 e. The van der Waals surface area contributed by atoms with E-state index in [2.05, 4.69) is 33.2 Å². The molecule has 0 bridgehead atoms. The van der Waals surface area contributed by atoms with Gasteiger partial charge in [-0.1, -0.05) is 13.0 Å². The number of nitrogens with zero attached hydrogens (tertiary/aromatic N) is 3. The van der Waals surface area contributed by atoms with Crippen molar-refractivity contribution in [3.05, 3.63) is 23.9 Å². The molecule has 0 fully saturated rings. The van der Waals surface area contributed by atoms with Crippen LogP contribution in [0.5, 0.6) is 0 Å². The van der Waals surface area contributed by atoms with Gasteiger partial charge in [-0.05, 0) is 6.92 Å². The van der Waals surface area contributed by atoms with Crippen molar-refractivity contribution in [3.63, 3.8) is 0 Å². The average molecular weight is 162 g/mol. The summed E-state index contributed by atoms with van der Waals surface area (Å²) < 4.78 is 0. The molecular weight excluding hydrogens is 152 g/mol. The topological polar surface area (TPSA) is 53.9 Å². The first kappa shape index (κ1) is 7.21. The van der Waals surface area contributed by atoms with Gasteiger partial charge in [0.25, 0.3) is 0 Å². The molecule has 1 aliphatic rings. The van der Waals surface area contributed by atoms with Crippen molar-refractivity contribution in [1.82, 2.24) is 15.2 Å². The smallest absolute Gasteiger partial charge is 0.170 e. The molecule has 2 rings (SSSR count). The lowest BCUT2D eigenvalue weighted by Crippen LogP contribution is -2.08. The molecule has 0 amide bonds. The van der Waals surface area contributed by atoms with Crippen LogP contribution >= 0.6 is 0 Å². The Kier molecular flexibility index (Phi) is 1.53. The van der Waals surface area contributed by atoms with Crippen LogP contribution in [-0.4, -0.2) is 20.9 Å². The molecule has 1 aromatic rings. The summed E-state index contributed by atoms with van der Waals surface area (Å²) in [5, 5.41) is 6.59. The quantitative estimate of drug-likeness (QED) is 0.673. The van der Waals surface area contributed by atoms with Gasteiger partial charge < -0.3 is 0 Å². The van der Waals surface area contributed by atoms with Crippen LogP contribution in [0.2, 0.25) is 0 Å². The van der Waals surface area contributed by atoms with Crippen LogP contribution < -0.4 is 0 Å². The number of nitrogens with one attached hydrogen (secondary N) is 1. The molecule has 0 aromatic carbocycles. The van der Waals surface area contributed by atoms with Crippen LogP contribution in [-0.2, 0) is 0 Å². The van der Waals surface area contributed by atoms with E-state index < -0.39 is 0 Å². The second-order valence-corrected chi connectivity index (χ2v) is 2.93. The highest BCUT2D eigenvalue weighted by Crippen LogP contribution is 2.18. The maximum absolute atomic E-state index is 4.36. The molecule has 62 valence electrons. The molecule has 4 heteroatoms. The van der Waals surface area contributed by atoms with Crippen LogP contribution in [0.1, 0.15) is 19.7 Å². The molecular formula is C8H10N4. The zero-order chi connectivity index (χ0) is 8.55. The molecule has 12 heavy (non-hydrogen) atoms. The molecule has 1 N–H and O–H groups in total. The van der Waals surface area contributed by atoms with Crippen molar-refractivity contribution in [2.45, 2.75) is 13.8 Å². The van der Waals surface area contributed by atoms with Gasteiger partial charge in [0, 0.05) is 11.6 Å². The van der Waals surface area contributed by atoms with E-state index in [1.165, 1.54) is 6.33 Å². The van der Waals surface area contributed by atoms with Crippen LogP contribution in [0, 0.1) is 5.92 Å². The van der Waals surface area contributed by atoms with Crippen LogP contribution in [0.15, 0.2) is 23.1 Å². The SMILES string of the molecule is CC1=CC(C)C(c2ncn[nH]2)=N1. The second kappa shape index (κ2) is 2.55. The van der Waals surface area contributed by atoms with E-state index in [1.54, 1.807) is 0 Å². The van der Waals surface area contributed by atoms with E-state index >= 15 is 0 Å². The number of hydrogen-bond donors (Lipinski definition) is 1. The van der Waals surface area contributed by atoms with Crippen molar-refractivity contribution in [2.75, 3.05) is 0 Å². The van der Waals surface area contributed by atoms with Gasteiger partial charge in [-0.15, -0.1) is 0 Å². The van der Waals surface area contributed by atoms with Crippen molar-refractivity contribution in [1.29, 1.82) is 0 Å². The molecule has 1 unspecified atom stereocenters. The molecule has 0 aliphatic carbocycles. The van der Waals surface area contributed by atoms with E-state index in [0.29, 0.717) is 5.92 Å². The molecule has 4 nitrogen and oxygen atoms in total. The van der Waals surface area contributed by atoms with Crippen molar-refractivity contribution >= 4 is 5.71 Å². The summed E-state index contributed by atoms with van der Waals surface area (Å²) >= 11 is 0. The van der Waals surface area contributed by atoms with E-state index in [0.717, 1.165) is 17.2 Å². The monoisotopic (exact) mass is 162 g/mol. The van der Waals surface area contributed by atoms with Crippen molar-refractivity contribution in [2.24, 2.45) is 10.9 Å². The lowest BCUT2D eigenvalue weighted by molar-refractivity contribution is 0.988. The first-order valence-electron chi connectivity index (χ1n) is 3.90. The van der Waals surface area contributed by atoms with Gasteiger partial charge in [-0.3, -0.25) is 10.1 Å². The van der Waals surface area contributed by atoms with Crippen LogP contribution in [0.4, 0.5) is 0 Å². The zero-order valence-electron chi connectivity index (χ0n) is 7.07.